The first-order chi connectivity index (χ1) is 10.3. The molecule has 0 spiro atoms. The minimum Gasteiger partial charge on any atom is -0.497 e. The second-order valence-corrected chi connectivity index (χ2v) is 6.33. The highest BCUT2D eigenvalue weighted by Crippen LogP contribution is 2.19. The van der Waals surface area contributed by atoms with Crippen LogP contribution in [0.25, 0.3) is 10.9 Å². The van der Waals surface area contributed by atoms with Gasteiger partial charge in [0, 0.05) is 28.4 Å². The third-order valence-electron chi connectivity index (χ3n) is 3.49. The number of amides is 1. The van der Waals surface area contributed by atoms with Crippen LogP contribution in [0.4, 0.5) is 0 Å². The summed E-state index contributed by atoms with van der Waals surface area (Å²) in [6.45, 7) is 6.01. The standard InChI is InChI=1S/C17H22N2O3/c1-17(2,3)16(21)18-8-7-11-9-12-10-13(22-4)5-6-14(12)19-15(11)20/h5-6,9-10H,7-8H2,1-4H3,(H,18,21)(H,19,20). The van der Waals surface area contributed by atoms with Gasteiger partial charge in [-0.25, -0.2) is 0 Å². The topological polar surface area (TPSA) is 71.2 Å². The van der Waals surface area contributed by atoms with Crippen molar-refractivity contribution < 1.29 is 9.53 Å². The molecule has 118 valence electrons. The summed E-state index contributed by atoms with van der Waals surface area (Å²) in [6, 6.07) is 7.35. The first-order valence-electron chi connectivity index (χ1n) is 7.29. The van der Waals surface area contributed by atoms with E-state index >= 15 is 0 Å². The van der Waals surface area contributed by atoms with Crippen molar-refractivity contribution >= 4 is 16.8 Å². The van der Waals surface area contributed by atoms with Gasteiger partial charge in [0.2, 0.25) is 5.91 Å². The molecule has 0 radical (unpaired) electrons. The van der Waals surface area contributed by atoms with E-state index in [9.17, 15) is 9.59 Å². The van der Waals surface area contributed by atoms with Crippen molar-refractivity contribution in [1.82, 2.24) is 10.3 Å². The number of benzene rings is 1. The first kappa shape index (κ1) is 16.1. The lowest BCUT2D eigenvalue weighted by molar-refractivity contribution is -0.128. The van der Waals surface area contributed by atoms with Gasteiger partial charge in [-0.15, -0.1) is 0 Å². The molecule has 1 amide bonds. The highest BCUT2D eigenvalue weighted by molar-refractivity contribution is 5.81. The second-order valence-electron chi connectivity index (χ2n) is 6.33. The lowest BCUT2D eigenvalue weighted by Crippen LogP contribution is -2.36. The molecule has 0 aliphatic heterocycles. The van der Waals surface area contributed by atoms with E-state index < -0.39 is 5.41 Å². The monoisotopic (exact) mass is 302 g/mol. The average Bonchev–Trinajstić information content (AvgIpc) is 2.46. The van der Waals surface area contributed by atoms with Gasteiger partial charge in [-0.3, -0.25) is 9.59 Å². The number of aromatic nitrogens is 1. The van der Waals surface area contributed by atoms with Crippen molar-refractivity contribution in [1.29, 1.82) is 0 Å². The van der Waals surface area contributed by atoms with Crippen LogP contribution in [0.5, 0.6) is 5.75 Å². The first-order valence-corrected chi connectivity index (χ1v) is 7.29. The Hall–Kier alpha value is -2.30. The maximum Gasteiger partial charge on any atom is 0.251 e. The number of methoxy groups -OCH3 is 1. The van der Waals surface area contributed by atoms with Crippen LogP contribution in [0.15, 0.2) is 29.1 Å². The molecule has 0 aliphatic rings. The molecule has 0 atom stereocenters. The molecule has 5 nitrogen and oxygen atoms in total. The SMILES string of the molecule is COc1ccc2[nH]c(=O)c(CCNC(=O)C(C)(C)C)cc2c1. The van der Waals surface area contributed by atoms with Gasteiger partial charge >= 0.3 is 0 Å². The van der Waals surface area contributed by atoms with E-state index in [4.69, 9.17) is 4.74 Å². The summed E-state index contributed by atoms with van der Waals surface area (Å²) in [4.78, 5) is 26.7. The number of rotatable bonds is 4. The summed E-state index contributed by atoms with van der Waals surface area (Å²) < 4.78 is 5.19. The van der Waals surface area contributed by atoms with Gasteiger partial charge in [-0.05, 0) is 30.7 Å². The lowest BCUT2D eigenvalue weighted by atomic mass is 9.95. The third kappa shape index (κ3) is 3.67. The lowest BCUT2D eigenvalue weighted by Gasteiger charge is -2.17. The fraction of sp³-hybridized carbons (Fsp3) is 0.412. The Balaban J connectivity index is 2.15. The number of carbonyl (C=O) groups is 1. The normalized spacial score (nSPS) is 11.5. The fourth-order valence-corrected chi connectivity index (χ4v) is 2.12. The number of H-pyrrole nitrogens is 1. The maximum absolute atomic E-state index is 12.1. The van der Waals surface area contributed by atoms with E-state index in [1.807, 2.05) is 45.0 Å². The molecule has 0 bridgehead atoms. The Morgan fingerprint density at radius 3 is 2.64 bits per heavy atom. The molecule has 0 saturated carbocycles. The van der Waals surface area contributed by atoms with E-state index in [-0.39, 0.29) is 11.5 Å². The number of ether oxygens (including phenoxy) is 1. The summed E-state index contributed by atoms with van der Waals surface area (Å²) in [5.74, 6) is 0.720. The van der Waals surface area contributed by atoms with Crippen LogP contribution in [0, 0.1) is 5.41 Å². The van der Waals surface area contributed by atoms with E-state index in [1.54, 1.807) is 7.11 Å². The molecule has 2 aromatic rings. The van der Waals surface area contributed by atoms with Gasteiger partial charge in [-0.1, -0.05) is 20.8 Å². The highest BCUT2D eigenvalue weighted by Gasteiger charge is 2.20. The van der Waals surface area contributed by atoms with Crippen molar-refractivity contribution in [2.75, 3.05) is 13.7 Å². The Bertz CT molecular complexity index is 742. The molecule has 1 heterocycles. The molecule has 2 N–H and O–H groups in total. The Morgan fingerprint density at radius 2 is 2.00 bits per heavy atom. The zero-order chi connectivity index (χ0) is 16.3. The number of aromatic amines is 1. The largest absolute Gasteiger partial charge is 0.497 e. The summed E-state index contributed by atoms with van der Waals surface area (Å²) in [7, 11) is 1.61. The van der Waals surface area contributed by atoms with Crippen molar-refractivity contribution in [2.24, 2.45) is 5.41 Å². The van der Waals surface area contributed by atoms with Crippen molar-refractivity contribution in [3.05, 3.63) is 40.2 Å². The Morgan fingerprint density at radius 1 is 1.27 bits per heavy atom. The summed E-state index contributed by atoms with van der Waals surface area (Å²) >= 11 is 0. The molecule has 22 heavy (non-hydrogen) atoms. The Labute approximate surface area is 129 Å². The zero-order valence-electron chi connectivity index (χ0n) is 13.4. The smallest absolute Gasteiger partial charge is 0.251 e. The molecule has 1 aromatic heterocycles. The van der Waals surface area contributed by atoms with Crippen LogP contribution in [0.2, 0.25) is 0 Å². The maximum atomic E-state index is 12.1. The molecule has 2 rings (SSSR count). The number of fused-ring (bicyclic) bond motifs is 1. The van der Waals surface area contributed by atoms with Gasteiger partial charge < -0.3 is 15.0 Å². The summed E-state index contributed by atoms with van der Waals surface area (Å²) in [6.07, 6.45) is 0.490. The van der Waals surface area contributed by atoms with E-state index in [2.05, 4.69) is 10.3 Å². The minimum atomic E-state index is -0.427. The molecule has 0 aliphatic carbocycles. The van der Waals surface area contributed by atoms with Crippen LogP contribution >= 0.6 is 0 Å². The highest BCUT2D eigenvalue weighted by atomic mass is 16.5. The predicted molar refractivity (Wildman–Crippen MR) is 87.3 cm³/mol. The van der Waals surface area contributed by atoms with E-state index in [0.717, 1.165) is 16.7 Å². The quantitative estimate of drug-likeness (QED) is 0.910. The number of hydrogen-bond acceptors (Lipinski definition) is 3. The molecule has 1 aromatic carbocycles. The molecule has 0 unspecified atom stereocenters. The fourth-order valence-electron chi connectivity index (χ4n) is 2.12. The molecule has 0 fully saturated rings. The van der Waals surface area contributed by atoms with E-state index in [0.29, 0.717) is 18.5 Å². The zero-order valence-corrected chi connectivity index (χ0v) is 13.4. The molecule has 5 heteroatoms. The van der Waals surface area contributed by atoms with Crippen LogP contribution < -0.4 is 15.6 Å². The van der Waals surface area contributed by atoms with Gasteiger partial charge in [0.25, 0.3) is 5.56 Å². The average molecular weight is 302 g/mol. The summed E-state index contributed by atoms with van der Waals surface area (Å²) in [5, 5.41) is 3.77. The predicted octanol–water partition coefficient (Wildman–Crippen LogP) is 2.24. The van der Waals surface area contributed by atoms with Crippen molar-refractivity contribution in [3.63, 3.8) is 0 Å². The molecular weight excluding hydrogens is 280 g/mol. The van der Waals surface area contributed by atoms with Gasteiger partial charge in [0.1, 0.15) is 5.75 Å². The molecule has 0 saturated heterocycles. The van der Waals surface area contributed by atoms with Crippen molar-refractivity contribution in [2.45, 2.75) is 27.2 Å². The van der Waals surface area contributed by atoms with Gasteiger partial charge in [0.05, 0.1) is 7.11 Å². The van der Waals surface area contributed by atoms with E-state index in [1.165, 1.54) is 0 Å². The number of pyridine rings is 1. The Kier molecular flexibility index (Phi) is 4.54. The van der Waals surface area contributed by atoms with Crippen molar-refractivity contribution in [3.8, 4) is 5.75 Å². The number of carbonyl (C=O) groups excluding carboxylic acids is 1. The number of hydrogen-bond donors (Lipinski definition) is 2. The van der Waals surface area contributed by atoms with Gasteiger partial charge in [0.15, 0.2) is 0 Å². The van der Waals surface area contributed by atoms with Crippen LogP contribution in [-0.2, 0) is 11.2 Å². The third-order valence-corrected chi connectivity index (χ3v) is 3.49. The van der Waals surface area contributed by atoms with Crippen LogP contribution in [0.1, 0.15) is 26.3 Å². The summed E-state index contributed by atoms with van der Waals surface area (Å²) in [5.41, 5.74) is 0.870. The second kappa shape index (κ2) is 6.22. The minimum absolute atomic E-state index is 0.0219. The van der Waals surface area contributed by atoms with Gasteiger partial charge in [-0.2, -0.15) is 0 Å². The molecular formula is C17H22N2O3. The van der Waals surface area contributed by atoms with Crippen LogP contribution in [-0.4, -0.2) is 24.5 Å². The number of nitrogens with one attached hydrogen (secondary N) is 2. The van der Waals surface area contributed by atoms with Crippen LogP contribution in [0.3, 0.4) is 0 Å².